The normalized spacial score (nSPS) is 19.3. The minimum atomic E-state index is -0.724. The summed E-state index contributed by atoms with van der Waals surface area (Å²) in [5.74, 6) is -0.644. The van der Waals surface area contributed by atoms with E-state index in [2.05, 4.69) is 4.74 Å². The van der Waals surface area contributed by atoms with Gasteiger partial charge in [-0.05, 0) is 6.07 Å². The molecule has 1 fully saturated rings. The Kier molecular flexibility index (Phi) is 4.11. The highest BCUT2D eigenvalue weighted by molar-refractivity contribution is 6.31. The lowest BCUT2D eigenvalue weighted by molar-refractivity contribution is -0.158. The zero-order valence-corrected chi connectivity index (χ0v) is 11.5. The highest BCUT2D eigenvalue weighted by Crippen LogP contribution is 2.16. The number of hydrogen-bond donors (Lipinski definition) is 0. The summed E-state index contributed by atoms with van der Waals surface area (Å²) >= 11 is 5.86. The SMILES string of the molecule is COC(=O)C1CN(C(=O)c2cc(Cl)cn2C)CCO1. The summed E-state index contributed by atoms with van der Waals surface area (Å²) in [6.07, 6.45) is 0.936. The van der Waals surface area contributed by atoms with Gasteiger partial charge in [0.05, 0.1) is 25.3 Å². The van der Waals surface area contributed by atoms with Gasteiger partial charge in [0.1, 0.15) is 5.69 Å². The van der Waals surface area contributed by atoms with Gasteiger partial charge < -0.3 is 18.9 Å². The van der Waals surface area contributed by atoms with Gasteiger partial charge in [0.25, 0.3) is 5.91 Å². The molecule has 0 N–H and O–H groups in total. The molecule has 1 amide bonds. The lowest BCUT2D eigenvalue weighted by atomic mass is 10.2. The van der Waals surface area contributed by atoms with Crippen molar-refractivity contribution in [3.63, 3.8) is 0 Å². The van der Waals surface area contributed by atoms with Crippen molar-refractivity contribution in [3.8, 4) is 0 Å². The molecule has 7 heteroatoms. The van der Waals surface area contributed by atoms with Crippen LogP contribution in [0, 0.1) is 0 Å². The van der Waals surface area contributed by atoms with Crippen LogP contribution in [0.25, 0.3) is 0 Å². The van der Waals surface area contributed by atoms with Gasteiger partial charge in [0.2, 0.25) is 0 Å². The van der Waals surface area contributed by atoms with Crippen molar-refractivity contribution < 1.29 is 19.1 Å². The third kappa shape index (κ3) is 2.90. The van der Waals surface area contributed by atoms with Gasteiger partial charge in [-0.15, -0.1) is 0 Å². The molecule has 19 heavy (non-hydrogen) atoms. The van der Waals surface area contributed by atoms with E-state index in [1.165, 1.54) is 7.11 Å². The Balaban J connectivity index is 2.11. The maximum absolute atomic E-state index is 12.3. The molecule has 1 aromatic heterocycles. The number of amides is 1. The zero-order valence-electron chi connectivity index (χ0n) is 10.8. The van der Waals surface area contributed by atoms with Crippen LogP contribution < -0.4 is 0 Å². The highest BCUT2D eigenvalue weighted by Gasteiger charge is 2.31. The maximum atomic E-state index is 12.3. The molecular weight excluding hydrogens is 272 g/mol. The summed E-state index contributed by atoms with van der Waals surface area (Å²) in [4.78, 5) is 25.3. The Hall–Kier alpha value is -1.53. The molecule has 1 saturated heterocycles. The van der Waals surface area contributed by atoms with Gasteiger partial charge >= 0.3 is 5.97 Å². The Morgan fingerprint density at radius 3 is 2.84 bits per heavy atom. The van der Waals surface area contributed by atoms with Gasteiger partial charge in [-0.3, -0.25) is 4.79 Å². The average molecular weight is 287 g/mol. The summed E-state index contributed by atoms with van der Waals surface area (Å²) in [6.45, 7) is 0.938. The van der Waals surface area contributed by atoms with Gasteiger partial charge in [-0.2, -0.15) is 0 Å². The highest BCUT2D eigenvalue weighted by atomic mass is 35.5. The van der Waals surface area contributed by atoms with Crippen LogP contribution >= 0.6 is 11.6 Å². The van der Waals surface area contributed by atoms with Crippen LogP contribution in [0.2, 0.25) is 5.02 Å². The summed E-state index contributed by atoms with van der Waals surface area (Å²) in [7, 11) is 3.04. The van der Waals surface area contributed by atoms with Crippen LogP contribution in [0.5, 0.6) is 0 Å². The van der Waals surface area contributed by atoms with E-state index in [1.807, 2.05) is 0 Å². The molecule has 1 aromatic rings. The summed E-state index contributed by atoms with van der Waals surface area (Å²) < 4.78 is 11.6. The first-order valence-electron chi connectivity index (χ1n) is 5.83. The number of hydrogen-bond acceptors (Lipinski definition) is 4. The molecule has 1 aliphatic rings. The molecular formula is C12H15ClN2O4. The third-order valence-corrected chi connectivity index (χ3v) is 3.22. The predicted octanol–water partition coefficient (Wildman–Crippen LogP) is 0.692. The lowest BCUT2D eigenvalue weighted by Crippen LogP contribution is -2.49. The Labute approximate surface area is 115 Å². The molecule has 2 rings (SSSR count). The number of esters is 1. The fraction of sp³-hybridized carbons (Fsp3) is 0.500. The fourth-order valence-electron chi connectivity index (χ4n) is 2.01. The quantitative estimate of drug-likeness (QED) is 0.751. The van der Waals surface area contributed by atoms with Crippen LogP contribution in [0.4, 0.5) is 0 Å². The molecule has 6 nitrogen and oxygen atoms in total. The number of carbonyl (C=O) groups excluding carboxylic acids is 2. The number of rotatable bonds is 2. The van der Waals surface area contributed by atoms with Crippen molar-refractivity contribution in [2.24, 2.45) is 7.05 Å². The molecule has 2 heterocycles. The topological polar surface area (TPSA) is 60.8 Å². The number of nitrogens with zero attached hydrogens (tertiary/aromatic N) is 2. The van der Waals surface area contributed by atoms with Crippen molar-refractivity contribution >= 4 is 23.5 Å². The maximum Gasteiger partial charge on any atom is 0.336 e. The molecule has 1 aliphatic heterocycles. The van der Waals surface area contributed by atoms with E-state index in [1.54, 1.807) is 28.8 Å². The first-order valence-corrected chi connectivity index (χ1v) is 6.21. The minimum absolute atomic E-state index is 0.174. The molecule has 0 spiro atoms. The number of aromatic nitrogens is 1. The Morgan fingerprint density at radius 2 is 2.26 bits per heavy atom. The van der Waals surface area contributed by atoms with E-state index in [0.717, 1.165) is 0 Å². The van der Waals surface area contributed by atoms with Crippen molar-refractivity contribution in [3.05, 3.63) is 23.0 Å². The van der Waals surface area contributed by atoms with Gasteiger partial charge in [-0.1, -0.05) is 11.6 Å². The van der Waals surface area contributed by atoms with Crippen molar-refractivity contribution in [1.29, 1.82) is 0 Å². The number of carbonyl (C=O) groups is 2. The van der Waals surface area contributed by atoms with Crippen LogP contribution in [0.15, 0.2) is 12.3 Å². The van der Waals surface area contributed by atoms with Gasteiger partial charge in [0, 0.05) is 19.8 Å². The van der Waals surface area contributed by atoms with Crippen LogP contribution in [0.1, 0.15) is 10.5 Å². The second kappa shape index (κ2) is 5.63. The van der Waals surface area contributed by atoms with E-state index in [9.17, 15) is 9.59 Å². The second-order valence-corrected chi connectivity index (χ2v) is 4.72. The summed E-state index contributed by atoms with van der Waals surface area (Å²) in [5.41, 5.74) is 0.482. The van der Waals surface area contributed by atoms with Crippen LogP contribution in [0.3, 0.4) is 0 Å². The molecule has 0 saturated carbocycles. The van der Waals surface area contributed by atoms with Crippen molar-refractivity contribution in [1.82, 2.24) is 9.47 Å². The molecule has 0 aliphatic carbocycles. The fourth-order valence-corrected chi connectivity index (χ4v) is 2.26. The number of methoxy groups -OCH3 is 1. The first-order chi connectivity index (χ1) is 9.02. The molecule has 0 aromatic carbocycles. The van der Waals surface area contributed by atoms with Gasteiger partial charge in [0.15, 0.2) is 6.10 Å². The second-order valence-electron chi connectivity index (χ2n) is 4.29. The predicted molar refractivity (Wildman–Crippen MR) is 68.1 cm³/mol. The Bertz CT molecular complexity index is 500. The van der Waals surface area contributed by atoms with E-state index < -0.39 is 12.1 Å². The van der Waals surface area contributed by atoms with E-state index >= 15 is 0 Å². The molecule has 1 atom stereocenters. The standard InChI is InChI=1S/C12H15ClN2O4/c1-14-6-8(13)5-9(14)11(16)15-3-4-19-10(7-15)12(17)18-2/h5-6,10H,3-4,7H2,1-2H3. The van der Waals surface area contributed by atoms with Gasteiger partial charge in [-0.25, -0.2) is 4.79 Å². The van der Waals surface area contributed by atoms with E-state index in [0.29, 0.717) is 23.9 Å². The van der Waals surface area contributed by atoms with Crippen LogP contribution in [-0.2, 0) is 21.3 Å². The number of morpholine rings is 1. The molecule has 1 unspecified atom stereocenters. The molecule has 104 valence electrons. The largest absolute Gasteiger partial charge is 0.467 e. The number of halogens is 1. The number of aryl methyl sites for hydroxylation is 1. The summed E-state index contributed by atoms with van der Waals surface area (Å²) in [5, 5.41) is 0.503. The molecule has 0 bridgehead atoms. The monoisotopic (exact) mass is 286 g/mol. The van der Waals surface area contributed by atoms with Crippen molar-refractivity contribution in [2.75, 3.05) is 26.8 Å². The zero-order chi connectivity index (χ0) is 14.0. The third-order valence-electron chi connectivity index (χ3n) is 3.01. The number of ether oxygens (including phenoxy) is 2. The first kappa shape index (κ1) is 13.9. The summed E-state index contributed by atoms with van der Waals surface area (Å²) in [6, 6.07) is 1.60. The van der Waals surface area contributed by atoms with E-state index in [4.69, 9.17) is 16.3 Å². The van der Waals surface area contributed by atoms with Crippen molar-refractivity contribution in [2.45, 2.75) is 6.10 Å². The van der Waals surface area contributed by atoms with E-state index in [-0.39, 0.29) is 12.5 Å². The lowest BCUT2D eigenvalue weighted by Gasteiger charge is -2.31. The molecule has 0 radical (unpaired) electrons. The average Bonchev–Trinajstić information content (AvgIpc) is 2.76. The minimum Gasteiger partial charge on any atom is -0.467 e. The van der Waals surface area contributed by atoms with Crippen LogP contribution in [-0.4, -0.2) is 54.3 Å². The Morgan fingerprint density at radius 1 is 1.53 bits per heavy atom. The smallest absolute Gasteiger partial charge is 0.336 e.